The average Bonchev–Trinajstić information content (AvgIpc) is 2.61. The van der Waals surface area contributed by atoms with Crippen LogP contribution in [0.1, 0.15) is 29.8 Å². The van der Waals surface area contributed by atoms with E-state index in [-0.39, 0.29) is 5.91 Å². The zero-order valence-corrected chi connectivity index (χ0v) is 14.3. The summed E-state index contributed by atoms with van der Waals surface area (Å²) in [6, 6.07) is 12.7. The molecule has 0 aliphatic heterocycles. The smallest absolute Gasteiger partial charge is 0.251 e. The molecule has 5 nitrogen and oxygen atoms in total. The largest absolute Gasteiger partial charge is 0.494 e. The Morgan fingerprint density at radius 3 is 2.29 bits per heavy atom. The number of ether oxygens (including phenoxy) is 3. The van der Waals surface area contributed by atoms with Crippen LogP contribution >= 0.6 is 0 Å². The topological polar surface area (TPSA) is 56.8 Å². The van der Waals surface area contributed by atoms with Gasteiger partial charge in [-0.25, -0.2) is 0 Å². The first-order chi connectivity index (χ1) is 11.7. The molecule has 0 saturated carbocycles. The SMILES string of the molecule is CCOc1ccc(C(=O)NCc2ccc(OCC)c(OC)c2)cc1. The first-order valence-electron chi connectivity index (χ1n) is 7.98. The van der Waals surface area contributed by atoms with E-state index in [0.29, 0.717) is 36.8 Å². The lowest BCUT2D eigenvalue weighted by atomic mass is 10.1. The first kappa shape index (κ1) is 17.7. The van der Waals surface area contributed by atoms with Gasteiger partial charge in [0, 0.05) is 12.1 Å². The summed E-state index contributed by atoms with van der Waals surface area (Å²) in [4.78, 5) is 12.2. The Balaban J connectivity index is 1.98. The minimum absolute atomic E-state index is 0.133. The van der Waals surface area contributed by atoms with Crippen molar-refractivity contribution in [2.45, 2.75) is 20.4 Å². The van der Waals surface area contributed by atoms with E-state index in [1.54, 1.807) is 31.4 Å². The second kappa shape index (κ2) is 8.82. The molecule has 0 atom stereocenters. The highest BCUT2D eigenvalue weighted by atomic mass is 16.5. The molecule has 2 aromatic carbocycles. The van der Waals surface area contributed by atoms with Crippen molar-refractivity contribution in [3.63, 3.8) is 0 Å². The van der Waals surface area contributed by atoms with Crippen molar-refractivity contribution >= 4 is 5.91 Å². The Hall–Kier alpha value is -2.69. The van der Waals surface area contributed by atoms with E-state index in [1.165, 1.54) is 0 Å². The highest BCUT2D eigenvalue weighted by molar-refractivity contribution is 5.94. The molecule has 0 aliphatic carbocycles. The molecule has 1 N–H and O–H groups in total. The molecule has 5 heteroatoms. The highest BCUT2D eigenvalue weighted by Crippen LogP contribution is 2.28. The van der Waals surface area contributed by atoms with Gasteiger partial charge in [-0.05, 0) is 55.8 Å². The van der Waals surface area contributed by atoms with Gasteiger partial charge in [-0.3, -0.25) is 4.79 Å². The van der Waals surface area contributed by atoms with E-state index in [2.05, 4.69) is 5.32 Å². The average molecular weight is 329 g/mol. The fourth-order valence-electron chi connectivity index (χ4n) is 2.25. The van der Waals surface area contributed by atoms with Gasteiger partial charge in [0.15, 0.2) is 11.5 Å². The zero-order chi connectivity index (χ0) is 17.4. The van der Waals surface area contributed by atoms with E-state index in [4.69, 9.17) is 14.2 Å². The van der Waals surface area contributed by atoms with Crippen LogP contribution in [0.25, 0.3) is 0 Å². The quantitative estimate of drug-likeness (QED) is 0.806. The molecular formula is C19H23NO4. The van der Waals surface area contributed by atoms with Gasteiger partial charge in [-0.2, -0.15) is 0 Å². The molecule has 0 fully saturated rings. The lowest BCUT2D eigenvalue weighted by molar-refractivity contribution is 0.0951. The van der Waals surface area contributed by atoms with Gasteiger partial charge in [-0.15, -0.1) is 0 Å². The first-order valence-corrected chi connectivity index (χ1v) is 7.98. The monoisotopic (exact) mass is 329 g/mol. The van der Waals surface area contributed by atoms with Crippen LogP contribution in [0.5, 0.6) is 17.2 Å². The van der Waals surface area contributed by atoms with Crippen LogP contribution in [0.4, 0.5) is 0 Å². The third-order valence-electron chi connectivity index (χ3n) is 3.41. The number of carbonyl (C=O) groups is 1. The normalized spacial score (nSPS) is 10.1. The van der Waals surface area contributed by atoms with Crippen LogP contribution in [-0.4, -0.2) is 26.2 Å². The zero-order valence-electron chi connectivity index (χ0n) is 14.3. The number of rotatable bonds is 8. The third-order valence-corrected chi connectivity index (χ3v) is 3.41. The molecule has 128 valence electrons. The molecule has 0 bridgehead atoms. The molecule has 2 rings (SSSR count). The maximum absolute atomic E-state index is 12.2. The lowest BCUT2D eigenvalue weighted by Crippen LogP contribution is -2.22. The van der Waals surface area contributed by atoms with Gasteiger partial charge in [0.1, 0.15) is 5.75 Å². The standard InChI is InChI=1S/C19H23NO4/c1-4-23-16-9-7-15(8-10-16)19(21)20-13-14-6-11-17(24-5-2)18(12-14)22-3/h6-12H,4-5,13H2,1-3H3,(H,20,21). The number of hydrogen-bond acceptors (Lipinski definition) is 4. The van der Waals surface area contributed by atoms with Crippen molar-refractivity contribution in [1.29, 1.82) is 0 Å². The Morgan fingerprint density at radius 2 is 1.67 bits per heavy atom. The summed E-state index contributed by atoms with van der Waals surface area (Å²) in [5.74, 6) is 1.97. The van der Waals surface area contributed by atoms with Crippen LogP contribution in [0.15, 0.2) is 42.5 Å². The predicted octanol–water partition coefficient (Wildman–Crippen LogP) is 3.42. The van der Waals surface area contributed by atoms with Crippen molar-refractivity contribution < 1.29 is 19.0 Å². The van der Waals surface area contributed by atoms with Crippen LogP contribution < -0.4 is 19.5 Å². The molecule has 0 radical (unpaired) electrons. The molecule has 24 heavy (non-hydrogen) atoms. The summed E-state index contributed by atoms with van der Waals surface area (Å²) in [5.41, 5.74) is 1.53. The summed E-state index contributed by atoms with van der Waals surface area (Å²) in [6.07, 6.45) is 0. The number of nitrogens with one attached hydrogen (secondary N) is 1. The summed E-state index contributed by atoms with van der Waals surface area (Å²) < 4.78 is 16.2. The molecule has 0 spiro atoms. The summed E-state index contributed by atoms with van der Waals surface area (Å²) >= 11 is 0. The van der Waals surface area contributed by atoms with Crippen molar-refractivity contribution in [2.24, 2.45) is 0 Å². The second-order valence-corrected chi connectivity index (χ2v) is 5.06. The number of hydrogen-bond donors (Lipinski definition) is 1. The Kier molecular flexibility index (Phi) is 6.49. The van der Waals surface area contributed by atoms with Crippen LogP contribution in [0, 0.1) is 0 Å². The molecule has 0 saturated heterocycles. The van der Waals surface area contributed by atoms with Crippen molar-refractivity contribution in [3.05, 3.63) is 53.6 Å². The van der Waals surface area contributed by atoms with Gasteiger partial charge in [0.2, 0.25) is 0 Å². The molecule has 0 heterocycles. The van der Waals surface area contributed by atoms with Crippen molar-refractivity contribution in [1.82, 2.24) is 5.32 Å². The highest BCUT2D eigenvalue weighted by Gasteiger charge is 2.08. The Bertz CT molecular complexity index is 668. The molecular weight excluding hydrogens is 306 g/mol. The minimum Gasteiger partial charge on any atom is -0.494 e. The maximum atomic E-state index is 12.2. The van der Waals surface area contributed by atoms with Gasteiger partial charge < -0.3 is 19.5 Å². The van der Waals surface area contributed by atoms with Crippen molar-refractivity contribution in [2.75, 3.05) is 20.3 Å². The Morgan fingerprint density at radius 1 is 0.958 bits per heavy atom. The molecule has 0 unspecified atom stereocenters. The third kappa shape index (κ3) is 4.65. The molecule has 0 aliphatic rings. The number of amides is 1. The predicted molar refractivity (Wildman–Crippen MR) is 92.9 cm³/mol. The number of benzene rings is 2. The maximum Gasteiger partial charge on any atom is 0.251 e. The summed E-state index contributed by atoms with van der Waals surface area (Å²) in [7, 11) is 1.60. The Labute approximate surface area is 142 Å². The molecule has 0 aromatic heterocycles. The summed E-state index contributed by atoms with van der Waals surface area (Å²) in [6.45, 7) is 5.43. The number of methoxy groups -OCH3 is 1. The van der Waals surface area contributed by atoms with E-state index in [9.17, 15) is 4.79 Å². The number of carbonyl (C=O) groups excluding carboxylic acids is 1. The second-order valence-electron chi connectivity index (χ2n) is 5.06. The lowest BCUT2D eigenvalue weighted by Gasteiger charge is -2.11. The van der Waals surface area contributed by atoms with Crippen LogP contribution in [0.2, 0.25) is 0 Å². The van der Waals surface area contributed by atoms with Crippen LogP contribution in [-0.2, 0) is 6.54 Å². The molecule has 1 amide bonds. The van der Waals surface area contributed by atoms with E-state index in [0.717, 1.165) is 11.3 Å². The van der Waals surface area contributed by atoms with Crippen LogP contribution in [0.3, 0.4) is 0 Å². The van der Waals surface area contributed by atoms with Gasteiger partial charge >= 0.3 is 0 Å². The summed E-state index contributed by atoms with van der Waals surface area (Å²) in [5, 5.41) is 2.89. The minimum atomic E-state index is -0.133. The van der Waals surface area contributed by atoms with E-state index < -0.39 is 0 Å². The van der Waals surface area contributed by atoms with E-state index >= 15 is 0 Å². The fraction of sp³-hybridized carbons (Fsp3) is 0.316. The van der Waals surface area contributed by atoms with Crippen molar-refractivity contribution in [3.8, 4) is 17.2 Å². The van der Waals surface area contributed by atoms with Gasteiger partial charge in [-0.1, -0.05) is 6.07 Å². The van der Waals surface area contributed by atoms with Gasteiger partial charge in [0.25, 0.3) is 5.91 Å². The fourth-order valence-corrected chi connectivity index (χ4v) is 2.25. The van der Waals surface area contributed by atoms with E-state index in [1.807, 2.05) is 32.0 Å². The van der Waals surface area contributed by atoms with Gasteiger partial charge in [0.05, 0.1) is 20.3 Å². The molecule has 2 aromatic rings.